The maximum Gasteiger partial charge on any atom is 0.265 e. The predicted molar refractivity (Wildman–Crippen MR) is 126 cm³/mol. The van der Waals surface area contributed by atoms with Crippen molar-refractivity contribution in [3.8, 4) is 10.6 Å². The molecule has 0 bridgehead atoms. The Morgan fingerprint density at radius 3 is 2.79 bits per heavy atom. The number of carbonyl (C=O) groups excluding carboxylic acids is 1. The summed E-state index contributed by atoms with van der Waals surface area (Å²) in [7, 11) is 0. The van der Waals surface area contributed by atoms with Crippen molar-refractivity contribution >= 4 is 17.2 Å². The van der Waals surface area contributed by atoms with Crippen LogP contribution in [0.4, 0.5) is 4.39 Å². The lowest BCUT2D eigenvalue weighted by molar-refractivity contribution is 0.0702. The zero-order chi connectivity index (χ0) is 22.8. The van der Waals surface area contributed by atoms with Crippen LogP contribution in [0.15, 0.2) is 65.2 Å². The monoisotopic (exact) mass is 461 g/mol. The summed E-state index contributed by atoms with van der Waals surface area (Å²) >= 11 is 1.25. The van der Waals surface area contributed by atoms with Crippen molar-refractivity contribution in [2.75, 3.05) is 13.1 Å². The molecule has 3 heterocycles. The summed E-state index contributed by atoms with van der Waals surface area (Å²) in [6, 6.07) is 16.7. The molecule has 1 saturated heterocycles. The van der Waals surface area contributed by atoms with Gasteiger partial charge in [0.1, 0.15) is 21.5 Å². The molecule has 168 valence electrons. The fourth-order valence-electron chi connectivity index (χ4n) is 4.24. The van der Waals surface area contributed by atoms with E-state index in [1.165, 1.54) is 23.0 Å². The van der Waals surface area contributed by atoms with Crippen molar-refractivity contribution < 1.29 is 13.6 Å². The topological polar surface area (TPSA) is 59.2 Å². The van der Waals surface area contributed by atoms with Crippen molar-refractivity contribution in [1.82, 2.24) is 14.9 Å². The van der Waals surface area contributed by atoms with Gasteiger partial charge in [-0.3, -0.25) is 4.79 Å². The molecule has 1 aliphatic rings. The number of nitrogens with zero attached hydrogens (tertiary/aromatic N) is 3. The number of hydrogen-bond donors (Lipinski definition) is 0. The van der Waals surface area contributed by atoms with E-state index >= 15 is 0 Å². The van der Waals surface area contributed by atoms with Crippen molar-refractivity contribution in [3.05, 3.63) is 94.4 Å². The summed E-state index contributed by atoms with van der Waals surface area (Å²) in [4.78, 5) is 24.7. The van der Waals surface area contributed by atoms with Gasteiger partial charge in [-0.05, 0) is 37.5 Å². The van der Waals surface area contributed by atoms with Crippen LogP contribution in [0.3, 0.4) is 0 Å². The summed E-state index contributed by atoms with van der Waals surface area (Å²) in [6.07, 6.45) is 4.29. The van der Waals surface area contributed by atoms with Crippen LogP contribution in [-0.2, 0) is 6.42 Å². The second kappa shape index (κ2) is 9.27. The van der Waals surface area contributed by atoms with Gasteiger partial charge in [-0.1, -0.05) is 42.5 Å². The van der Waals surface area contributed by atoms with Crippen molar-refractivity contribution in [2.24, 2.45) is 0 Å². The Balaban J connectivity index is 1.30. The van der Waals surface area contributed by atoms with Crippen molar-refractivity contribution in [1.29, 1.82) is 0 Å². The smallest absolute Gasteiger partial charge is 0.265 e. The van der Waals surface area contributed by atoms with Gasteiger partial charge in [-0.15, -0.1) is 11.3 Å². The molecule has 0 spiro atoms. The lowest BCUT2D eigenvalue weighted by Crippen LogP contribution is -2.39. The molecular weight excluding hydrogens is 437 g/mol. The highest BCUT2D eigenvalue weighted by molar-refractivity contribution is 7.17. The van der Waals surface area contributed by atoms with Gasteiger partial charge in [-0.25, -0.2) is 14.4 Å². The fourth-order valence-corrected chi connectivity index (χ4v) is 5.30. The zero-order valence-corrected chi connectivity index (χ0v) is 19.1. The molecule has 4 aromatic rings. The molecule has 1 fully saturated rings. The predicted octanol–water partition coefficient (Wildman–Crippen LogP) is 5.86. The number of amides is 1. The maximum atomic E-state index is 14.2. The van der Waals surface area contributed by atoms with Gasteiger partial charge >= 0.3 is 0 Å². The largest absolute Gasteiger partial charge is 0.445 e. The second-order valence-corrected chi connectivity index (χ2v) is 9.33. The average Bonchev–Trinajstić information content (AvgIpc) is 3.46. The minimum atomic E-state index is -0.335. The van der Waals surface area contributed by atoms with Crippen LogP contribution in [0.5, 0.6) is 0 Å². The van der Waals surface area contributed by atoms with E-state index in [-0.39, 0.29) is 17.6 Å². The minimum Gasteiger partial charge on any atom is -0.445 e. The number of piperidine rings is 1. The van der Waals surface area contributed by atoms with Gasteiger partial charge in [0, 0.05) is 25.1 Å². The summed E-state index contributed by atoms with van der Waals surface area (Å²) in [5.74, 6) is 1.18. The molecule has 1 amide bonds. The first-order valence-electron chi connectivity index (χ1n) is 11.1. The third kappa shape index (κ3) is 4.59. The quantitative estimate of drug-likeness (QED) is 0.374. The van der Waals surface area contributed by atoms with Gasteiger partial charge < -0.3 is 9.32 Å². The van der Waals surface area contributed by atoms with E-state index in [4.69, 9.17) is 4.42 Å². The standard InChI is InChI=1S/C26H24FN3O2S/c1-17-23(33-25(29-17)21-11-5-6-12-22(21)27)26(31)30-13-7-10-19(16-30)24-28-15-20(32-24)14-18-8-3-2-4-9-18/h2-6,8-9,11-12,15,19H,7,10,13-14,16H2,1H3. The Hall–Kier alpha value is -3.32. The van der Waals surface area contributed by atoms with E-state index in [2.05, 4.69) is 22.1 Å². The molecule has 1 aliphatic heterocycles. The highest BCUT2D eigenvalue weighted by Crippen LogP contribution is 2.33. The first kappa shape index (κ1) is 21.5. The van der Waals surface area contributed by atoms with E-state index in [1.54, 1.807) is 31.3 Å². The van der Waals surface area contributed by atoms with E-state index in [1.807, 2.05) is 23.1 Å². The summed E-state index contributed by atoms with van der Waals surface area (Å²) in [6.45, 7) is 3.04. The van der Waals surface area contributed by atoms with Gasteiger partial charge in [0.25, 0.3) is 5.91 Å². The molecule has 1 unspecified atom stereocenters. The highest BCUT2D eigenvalue weighted by atomic mass is 32.1. The summed E-state index contributed by atoms with van der Waals surface area (Å²) < 4.78 is 20.3. The van der Waals surface area contributed by atoms with E-state index in [0.717, 1.165) is 18.6 Å². The fraction of sp³-hybridized carbons (Fsp3) is 0.269. The third-order valence-corrected chi connectivity index (χ3v) is 7.12. The maximum absolute atomic E-state index is 14.2. The molecule has 0 aliphatic carbocycles. The molecule has 33 heavy (non-hydrogen) atoms. The number of rotatable bonds is 5. The first-order chi connectivity index (χ1) is 16.1. The molecule has 0 radical (unpaired) electrons. The van der Waals surface area contributed by atoms with Gasteiger partial charge in [0.15, 0.2) is 5.89 Å². The van der Waals surface area contributed by atoms with Gasteiger partial charge in [0.2, 0.25) is 0 Å². The number of hydrogen-bond acceptors (Lipinski definition) is 5. The van der Waals surface area contributed by atoms with Crippen LogP contribution < -0.4 is 0 Å². The van der Waals surface area contributed by atoms with E-state index in [9.17, 15) is 9.18 Å². The Labute approximate surface area is 195 Å². The highest BCUT2D eigenvalue weighted by Gasteiger charge is 2.30. The summed E-state index contributed by atoms with van der Waals surface area (Å²) in [5.41, 5.74) is 2.23. The van der Waals surface area contributed by atoms with Crippen LogP contribution in [0.1, 0.15) is 51.3 Å². The molecule has 2 aromatic heterocycles. The molecule has 0 saturated carbocycles. The molecule has 1 atom stereocenters. The van der Waals surface area contributed by atoms with Crippen LogP contribution in [-0.4, -0.2) is 33.9 Å². The summed E-state index contributed by atoms with van der Waals surface area (Å²) in [5, 5.41) is 0.528. The number of thiazole rings is 1. The van der Waals surface area contributed by atoms with Gasteiger partial charge in [-0.2, -0.15) is 0 Å². The molecule has 5 nitrogen and oxygen atoms in total. The first-order valence-corrected chi connectivity index (χ1v) is 11.9. The van der Waals surface area contributed by atoms with Crippen molar-refractivity contribution in [2.45, 2.75) is 32.1 Å². The third-order valence-electron chi connectivity index (χ3n) is 5.95. The number of aromatic nitrogens is 2. The molecule has 7 heteroatoms. The Bertz CT molecular complexity index is 1270. The Morgan fingerprint density at radius 1 is 1.18 bits per heavy atom. The van der Waals surface area contributed by atoms with Crippen LogP contribution in [0, 0.1) is 12.7 Å². The normalized spacial score (nSPS) is 16.2. The SMILES string of the molecule is Cc1nc(-c2ccccc2F)sc1C(=O)N1CCCC(c2ncc(Cc3ccccc3)o2)C1. The average molecular weight is 462 g/mol. The van der Waals surface area contributed by atoms with E-state index in [0.29, 0.717) is 46.5 Å². The number of halogens is 1. The molecule has 5 rings (SSSR count). The molecule has 0 N–H and O–H groups in total. The van der Waals surface area contributed by atoms with Crippen molar-refractivity contribution in [3.63, 3.8) is 0 Å². The lowest BCUT2D eigenvalue weighted by atomic mass is 9.98. The number of aryl methyl sites for hydroxylation is 1. The minimum absolute atomic E-state index is 0.0616. The number of benzene rings is 2. The molecule has 2 aromatic carbocycles. The van der Waals surface area contributed by atoms with Crippen LogP contribution in [0.2, 0.25) is 0 Å². The molecular formula is C26H24FN3O2S. The van der Waals surface area contributed by atoms with E-state index < -0.39 is 0 Å². The van der Waals surface area contributed by atoms with Crippen LogP contribution in [0.25, 0.3) is 10.6 Å². The number of oxazole rings is 1. The lowest BCUT2D eigenvalue weighted by Gasteiger charge is -2.31. The number of likely N-dealkylation sites (tertiary alicyclic amines) is 1. The van der Waals surface area contributed by atoms with Crippen LogP contribution >= 0.6 is 11.3 Å². The Kier molecular flexibility index (Phi) is 6.05. The van der Waals surface area contributed by atoms with Gasteiger partial charge in [0.05, 0.1) is 17.8 Å². The second-order valence-electron chi connectivity index (χ2n) is 8.33. The zero-order valence-electron chi connectivity index (χ0n) is 18.3. The Morgan fingerprint density at radius 2 is 1.97 bits per heavy atom. The number of carbonyl (C=O) groups is 1.